The first kappa shape index (κ1) is 136. The van der Waals surface area contributed by atoms with Crippen LogP contribution in [0.5, 0.6) is 0 Å². The molecule has 6 rings (SSSR count). The molecule has 0 N–H and O–H groups in total. The quantitative estimate of drug-likeness (QED) is 0.0646. The highest BCUT2D eigenvalue weighted by Gasteiger charge is 2.43. The molecule has 0 bridgehead atoms. The van der Waals surface area contributed by atoms with Crippen molar-refractivity contribution in [2.75, 3.05) is 0 Å². The zero-order valence-electron chi connectivity index (χ0n) is 71.1. The molecule has 0 aromatic carbocycles. The monoisotopic (exact) mass is 1620 g/mol. The van der Waals surface area contributed by atoms with Crippen LogP contribution in [0.25, 0.3) is 0 Å². The van der Waals surface area contributed by atoms with Gasteiger partial charge >= 0.3 is 35.8 Å². The Labute approximate surface area is 712 Å². The summed E-state index contributed by atoms with van der Waals surface area (Å²) in [6.45, 7) is 48.6. The zero-order chi connectivity index (χ0) is 76.9. The third-order valence-corrected chi connectivity index (χ3v) is 25.3. The summed E-state index contributed by atoms with van der Waals surface area (Å²) < 4.78 is 34.9. The largest absolute Gasteiger partial charge is 0.459 e. The summed E-state index contributed by atoms with van der Waals surface area (Å²) in [5.74, 6) is -0.134. The maximum atomic E-state index is 12.4. The van der Waals surface area contributed by atoms with Crippen LogP contribution in [0.4, 0.5) is 0 Å². The Morgan fingerprint density at radius 2 is 0.301 bits per heavy atom. The van der Waals surface area contributed by atoms with E-state index in [0.717, 1.165) is 128 Å². The molecule has 6 saturated carbocycles. The van der Waals surface area contributed by atoms with E-state index < -0.39 is 0 Å². The van der Waals surface area contributed by atoms with E-state index in [4.69, 9.17) is 28.4 Å². The average Bonchev–Trinajstić information content (AvgIpc) is 1.83. The highest BCUT2D eigenvalue weighted by molar-refractivity contribution is 5.78. The smallest absolute Gasteiger partial charge is 0.312 e. The average molecular weight is 1620 g/mol. The molecule has 0 atom stereocenters. The Hall–Kier alpha value is -3.18. The summed E-state index contributed by atoms with van der Waals surface area (Å²) in [6.07, 6.45) is 53.5. The second-order valence-corrected chi connectivity index (χ2v) is 37.2. The Kier molecular flexibility index (Phi) is 77.8. The summed E-state index contributed by atoms with van der Waals surface area (Å²) in [4.78, 5) is 72.7. The van der Waals surface area contributed by atoms with Gasteiger partial charge in [-0.1, -0.05) is 241 Å². The van der Waals surface area contributed by atoms with E-state index >= 15 is 0 Å². The predicted octanol–water partition coefficient (Wildman–Crippen LogP) is 34.1. The van der Waals surface area contributed by atoms with Crippen molar-refractivity contribution < 1.29 is 57.2 Å². The number of hydrogen-bond acceptors (Lipinski definition) is 12. The van der Waals surface area contributed by atoms with Gasteiger partial charge in [0.1, 0.15) is 33.6 Å². The summed E-state index contributed by atoms with van der Waals surface area (Å²) in [6, 6.07) is 0. The molecule has 0 spiro atoms. The highest BCUT2D eigenvalue weighted by atomic mass is 16.6. The number of hydrogen-bond donors (Lipinski definition) is 0. The fraction of sp³-hybridized carbons (Fsp3) is 0.941. The first-order chi connectivity index (χ1) is 47.0. The van der Waals surface area contributed by atoms with Crippen molar-refractivity contribution in [1.82, 2.24) is 0 Å². The summed E-state index contributed by atoms with van der Waals surface area (Å²) in [5.41, 5.74) is -3.19. The Balaban J connectivity index is -0.000000107. The van der Waals surface area contributed by atoms with Crippen molar-refractivity contribution in [2.45, 2.75) is 591 Å². The van der Waals surface area contributed by atoms with Crippen LogP contribution in [0.3, 0.4) is 0 Å². The van der Waals surface area contributed by atoms with Gasteiger partial charge in [0.15, 0.2) is 0 Å². The molecule has 113 heavy (non-hydrogen) atoms. The minimum Gasteiger partial charge on any atom is -0.459 e. The molecule has 0 unspecified atom stereocenters. The van der Waals surface area contributed by atoms with E-state index in [9.17, 15) is 28.8 Å². The first-order valence-corrected chi connectivity index (χ1v) is 42.4. The van der Waals surface area contributed by atoms with Gasteiger partial charge in [-0.05, 0) is 316 Å². The molecule has 0 aromatic rings. The summed E-state index contributed by atoms with van der Waals surface area (Å²) >= 11 is 0. The molecule has 12 nitrogen and oxygen atoms in total. The van der Waals surface area contributed by atoms with Gasteiger partial charge in [0, 0.05) is 0 Å². The van der Waals surface area contributed by atoms with Gasteiger partial charge in [0.25, 0.3) is 0 Å². The molecule has 6 aliphatic carbocycles. The molecule has 0 aliphatic heterocycles. The molecule has 0 amide bonds. The van der Waals surface area contributed by atoms with Crippen molar-refractivity contribution in [3.05, 3.63) is 0 Å². The molecule has 0 heterocycles. The predicted molar refractivity (Wildman–Crippen MR) is 501 cm³/mol. The van der Waals surface area contributed by atoms with Crippen LogP contribution in [-0.4, -0.2) is 69.4 Å². The fourth-order valence-electron chi connectivity index (χ4n) is 13.6. The second kappa shape index (κ2) is 64.7. The third kappa shape index (κ3) is 51.1. The van der Waals surface area contributed by atoms with Crippen LogP contribution >= 0.6 is 0 Å². The fourth-order valence-corrected chi connectivity index (χ4v) is 13.6. The standard InChI is InChI=1S/C19H36O2.C17H32O2.C15H28O2.2C13H24O2.C12H22O2.12CH4/c1-5-18(2,3)17(20)21-19(4)15-13-11-9-7-6-8-10-12-14-16-19;1-5-16(2,3)15(18)19-17(4)13-11-9-7-6-8-10-12-14-17;1-5-14(3,4)13(16)17-15(6-2)11-9-7-8-10-12-15;1-5-12(2,3)11(14)15-13(4)9-7-6-8-10-13;1-5-12(3,4)11(14)15-13(6-2)9-7-8-10-13;1-5-11(2,3)10(13)14-12(4)8-6-7-9-12;;;;;;;;;;;;/h5-16H2,1-4H3;5-14H2,1-4H3;5-12H2,1-4H3;2*5-10H2,1-4H3;5-9H2,1-4H3;12*1H4. The molecular weight excluding hydrogens is 1410 g/mol. The van der Waals surface area contributed by atoms with Crippen LogP contribution in [0.15, 0.2) is 0 Å². The molecule has 6 fully saturated rings. The molecule has 6 aliphatic rings. The van der Waals surface area contributed by atoms with Gasteiger partial charge in [-0.2, -0.15) is 0 Å². The van der Waals surface area contributed by atoms with E-state index in [1.54, 1.807) is 0 Å². The van der Waals surface area contributed by atoms with Crippen molar-refractivity contribution in [1.29, 1.82) is 0 Å². The number of rotatable bonds is 20. The molecule has 0 radical (unpaired) electrons. The zero-order valence-corrected chi connectivity index (χ0v) is 71.1. The first-order valence-electron chi connectivity index (χ1n) is 42.4. The van der Waals surface area contributed by atoms with Gasteiger partial charge in [0.05, 0.1) is 32.5 Å². The Morgan fingerprint density at radius 3 is 0.442 bits per heavy atom. The lowest BCUT2D eigenvalue weighted by molar-refractivity contribution is -0.173. The van der Waals surface area contributed by atoms with Crippen molar-refractivity contribution in [3.8, 4) is 0 Å². The topological polar surface area (TPSA) is 158 Å². The maximum absolute atomic E-state index is 12.4. The maximum Gasteiger partial charge on any atom is 0.312 e. The lowest BCUT2D eigenvalue weighted by atomic mass is 9.85. The van der Waals surface area contributed by atoms with E-state index in [2.05, 4.69) is 55.4 Å². The lowest BCUT2D eigenvalue weighted by Gasteiger charge is -2.36. The SMILES string of the molecule is C.C.C.C.C.C.C.C.C.C.C.C.CCC(C)(C)C(=O)OC1(C)CCCC1.CCC(C)(C)C(=O)OC1(C)CCCCC1.CCC(C)(C)C(=O)OC1(C)CCCCCCCCC1.CCC(C)(C)C(=O)OC1(C)CCCCCCCCCCC1.CCC1(OC(=O)C(C)(C)CC)CCCC1.CCC1(OC(=O)C(C)(C)CC)CCCCCC1. The van der Waals surface area contributed by atoms with E-state index in [-0.39, 0.29) is 191 Å². The van der Waals surface area contributed by atoms with Crippen molar-refractivity contribution >= 4 is 35.8 Å². The number of carbonyl (C=O) groups is 6. The summed E-state index contributed by atoms with van der Waals surface area (Å²) in [7, 11) is 0. The van der Waals surface area contributed by atoms with E-state index in [1.165, 1.54) is 173 Å². The Bertz CT molecular complexity index is 2310. The number of carbonyl (C=O) groups excluding carboxylic acids is 6. The van der Waals surface area contributed by atoms with Crippen LogP contribution in [0.2, 0.25) is 0 Å². The minimum absolute atomic E-state index is 0. The lowest BCUT2D eigenvalue weighted by Crippen LogP contribution is -2.39. The minimum atomic E-state index is -0.354. The van der Waals surface area contributed by atoms with Crippen molar-refractivity contribution in [3.63, 3.8) is 0 Å². The van der Waals surface area contributed by atoms with Gasteiger partial charge in [0.2, 0.25) is 0 Å². The van der Waals surface area contributed by atoms with Gasteiger partial charge in [-0.25, -0.2) is 0 Å². The molecular formula is C101H214O12. The normalized spacial score (nSPS) is 18.9. The Morgan fingerprint density at radius 1 is 0.195 bits per heavy atom. The van der Waals surface area contributed by atoms with Gasteiger partial charge < -0.3 is 28.4 Å². The van der Waals surface area contributed by atoms with E-state index in [1.807, 2.05) is 111 Å². The van der Waals surface area contributed by atoms with Gasteiger partial charge in [-0.3, -0.25) is 28.8 Å². The summed E-state index contributed by atoms with van der Waals surface area (Å²) in [5, 5.41) is 0. The van der Waals surface area contributed by atoms with Gasteiger partial charge in [-0.15, -0.1) is 0 Å². The highest BCUT2D eigenvalue weighted by Crippen LogP contribution is 2.42. The van der Waals surface area contributed by atoms with Crippen LogP contribution in [0.1, 0.15) is 557 Å². The van der Waals surface area contributed by atoms with Crippen LogP contribution < -0.4 is 0 Å². The van der Waals surface area contributed by atoms with Crippen molar-refractivity contribution in [2.24, 2.45) is 32.5 Å². The molecule has 0 saturated heterocycles. The molecule has 0 aromatic heterocycles. The van der Waals surface area contributed by atoms with E-state index in [0.29, 0.717) is 0 Å². The molecule has 12 heteroatoms. The van der Waals surface area contributed by atoms with Crippen LogP contribution in [0, 0.1) is 32.5 Å². The second-order valence-electron chi connectivity index (χ2n) is 37.2. The number of esters is 6. The van der Waals surface area contributed by atoms with Crippen LogP contribution in [-0.2, 0) is 57.2 Å². The number of ether oxygens (including phenoxy) is 6. The third-order valence-electron chi connectivity index (χ3n) is 25.3. The molecule has 690 valence electrons.